The van der Waals surface area contributed by atoms with Crippen molar-refractivity contribution in [2.45, 2.75) is 30.6 Å². The first-order chi connectivity index (χ1) is 23.9. The van der Waals surface area contributed by atoms with Crippen LogP contribution in [0.15, 0.2) is 123 Å². The molecule has 0 saturated carbocycles. The molecule has 1 aromatic heterocycles. The SMILES string of the molecule is CNS(=O)(=O)c1ccc(/C(C)=N/Nc2nc(Nc3ccccc3)nc(N/N=C(\C)c3ccc(S(=O)(=O)NC)cc3)c2-c2ccccc2C)cc1. The van der Waals surface area contributed by atoms with E-state index < -0.39 is 20.0 Å². The smallest absolute Gasteiger partial charge is 0.240 e. The van der Waals surface area contributed by atoms with Gasteiger partial charge in [0.05, 0.1) is 26.8 Å². The molecular weight excluding hydrogens is 675 g/mol. The van der Waals surface area contributed by atoms with Gasteiger partial charge in [-0.2, -0.15) is 20.2 Å². The minimum atomic E-state index is -3.58. The fourth-order valence-corrected chi connectivity index (χ4v) is 6.29. The first-order valence-electron chi connectivity index (χ1n) is 15.4. The predicted octanol–water partition coefficient (Wildman–Crippen LogP) is 5.68. The lowest BCUT2D eigenvalue weighted by molar-refractivity contribution is 0.586. The van der Waals surface area contributed by atoms with Crippen LogP contribution in [0.1, 0.15) is 30.5 Å². The normalized spacial score (nSPS) is 12.4. The second-order valence-corrected chi connectivity index (χ2v) is 14.8. The molecule has 1 heterocycles. The van der Waals surface area contributed by atoms with Crippen molar-refractivity contribution in [3.8, 4) is 11.1 Å². The minimum Gasteiger partial charge on any atom is -0.324 e. The maximum absolute atomic E-state index is 12.2. The summed E-state index contributed by atoms with van der Waals surface area (Å²) in [5, 5.41) is 12.5. The van der Waals surface area contributed by atoms with Gasteiger partial charge < -0.3 is 5.32 Å². The summed E-state index contributed by atoms with van der Waals surface area (Å²) in [7, 11) is -4.44. The minimum absolute atomic E-state index is 0.143. The molecule has 0 bridgehead atoms. The van der Waals surface area contributed by atoms with Crippen LogP contribution >= 0.6 is 0 Å². The average Bonchev–Trinajstić information content (AvgIpc) is 3.13. The second kappa shape index (κ2) is 15.4. The van der Waals surface area contributed by atoms with Gasteiger partial charge in [-0.1, -0.05) is 66.7 Å². The standard InChI is InChI=1S/C35H37N9O4S2/c1-23-11-9-10-14-31(23)32-33(43-41-24(2)26-15-19-29(20-16-26)49(45,46)36-4)39-35(38-28-12-7-6-8-13-28)40-34(32)44-42-25(3)27-17-21-30(22-18-27)50(47,48)37-5/h6-22,36-37H,1-5H3,(H3,38,39,40,43,44)/b41-24+,42-25+. The Morgan fingerprint density at radius 3 is 1.48 bits per heavy atom. The van der Waals surface area contributed by atoms with Crippen LogP contribution in [0.3, 0.4) is 0 Å². The van der Waals surface area contributed by atoms with Gasteiger partial charge in [0.1, 0.15) is 0 Å². The van der Waals surface area contributed by atoms with Crippen LogP contribution in [-0.4, -0.2) is 52.3 Å². The maximum Gasteiger partial charge on any atom is 0.240 e. The molecule has 0 saturated heterocycles. The van der Waals surface area contributed by atoms with Crippen molar-refractivity contribution in [2.75, 3.05) is 30.3 Å². The Kier molecular flexibility index (Phi) is 11.0. The highest BCUT2D eigenvalue weighted by molar-refractivity contribution is 7.89. The molecule has 0 spiro atoms. The van der Waals surface area contributed by atoms with E-state index in [0.29, 0.717) is 39.7 Å². The van der Waals surface area contributed by atoms with Gasteiger partial charge in [-0.3, -0.25) is 10.9 Å². The summed E-state index contributed by atoms with van der Waals surface area (Å²) < 4.78 is 53.5. The largest absolute Gasteiger partial charge is 0.324 e. The highest BCUT2D eigenvalue weighted by Crippen LogP contribution is 2.36. The van der Waals surface area contributed by atoms with E-state index in [0.717, 1.165) is 16.8 Å². The zero-order valence-electron chi connectivity index (χ0n) is 28.1. The summed E-state index contributed by atoms with van der Waals surface area (Å²) >= 11 is 0. The molecule has 0 atom stereocenters. The molecule has 0 amide bonds. The van der Waals surface area contributed by atoms with Crippen LogP contribution in [0.5, 0.6) is 0 Å². The number of benzene rings is 4. The molecule has 0 fully saturated rings. The number of hydrazone groups is 2. The Balaban J connectivity index is 1.58. The fraction of sp³-hybridized carbons (Fsp3) is 0.143. The van der Waals surface area contributed by atoms with E-state index in [2.05, 4.69) is 35.8 Å². The van der Waals surface area contributed by atoms with E-state index in [4.69, 9.17) is 9.97 Å². The predicted molar refractivity (Wildman–Crippen MR) is 199 cm³/mol. The number of para-hydroxylation sites is 1. The van der Waals surface area contributed by atoms with E-state index in [-0.39, 0.29) is 15.7 Å². The van der Waals surface area contributed by atoms with Crippen molar-refractivity contribution in [3.63, 3.8) is 0 Å². The number of aryl methyl sites for hydroxylation is 1. The Morgan fingerprint density at radius 1 is 0.600 bits per heavy atom. The van der Waals surface area contributed by atoms with E-state index in [1.54, 1.807) is 38.1 Å². The molecule has 0 unspecified atom stereocenters. The van der Waals surface area contributed by atoms with Crippen LogP contribution in [0.4, 0.5) is 23.3 Å². The summed E-state index contributed by atoms with van der Waals surface area (Å²) in [5.74, 6) is 1.01. The molecule has 5 rings (SSSR count). The van der Waals surface area contributed by atoms with Gasteiger partial charge in [0.2, 0.25) is 26.0 Å². The summed E-state index contributed by atoms with van der Waals surface area (Å²) in [4.78, 5) is 9.92. The van der Waals surface area contributed by atoms with Gasteiger partial charge in [-0.15, -0.1) is 0 Å². The summed E-state index contributed by atoms with van der Waals surface area (Å²) in [6, 6.07) is 30.0. The first kappa shape index (κ1) is 35.8. The highest BCUT2D eigenvalue weighted by Gasteiger charge is 2.19. The highest BCUT2D eigenvalue weighted by atomic mass is 32.2. The van der Waals surface area contributed by atoms with Crippen molar-refractivity contribution in [3.05, 3.63) is 120 Å². The van der Waals surface area contributed by atoms with Crippen LogP contribution in [0, 0.1) is 6.92 Å². The van der Waals surface area contributed by atoms with Gasteiger partial charge in [0.25, 0.3) is 0 Å². The average molecular weight is 712 g/mol. The van der Waals surface area contributed by atoms with Gasteiger partial charge in [0, 0.05) is 5.69 Å². The van der Waals surface area contributed by atoms with Crippen LogP contribution < -0.4 is 25.6 Å². The molecule has 50 heavy (non-hydrogen) atoms. The number of aromatic nitrogens is 2. The number of hydrogen-bond acceptors (Lipinski definition) is 11. The van der Waals surface area contributed by atoms with Gasteiger partial charge in [-0.05, 0) is 93.5 Å². The number of hydrogen-bond donors (Lipinski definition) is 5. The lowest BCUT2D eigenvalue weighted by Crippen LogP contribution is -2.18. The number of rotatable bonds is 13. The van der Waals surface area contributed by atoms with E-state index in [9.17, 15) is 16.8 Å². The number of anilines is 4. The maximum atomic E-state index is 12.2. The lowest BCUT2D eigenvalue weighted by atomic mass is 10.0. The molecule has 4 aromatic carbocycles. The molecule has 5 N–H and O–H groups in total. The van der Waals surface area contributed by atoms with Crippen molar-refractivity contribution in [1.82, 2.24) is 19.4 Å². The van der Waals surface area contributed by atoms with Gasteiger partial charge in [0.15, 0.2) is 11.6 Å². The van der Waals surface area contributed by atoms with E-state index >= 15 is 0 Å². The Hall–Kier alpha value is -5.48. The van der Waals surface area contributed by atoms with Crippen LogP contribution in [0.25, 0.3) is 11.1 Å². The van der Waals surface area contributed by atoms with Gasteiger partial charge >= 0.3 is 0 Å². The number of nitrogens with zero attached hydrogens (tertiary/aromatic N) is 4. The van der Waals surface area contributed by atoms with Crippen LogP contribution in [-0.2, 0) is 20.0 Å². The fourth-order valence-electron chi connectivity index (χ4n) is 4.83. The van der Waals surface area contributed by atoms with Gasteiger partial charge in [-0.25, -0.2) is 26.3 Å². The molecular formula is C35H37N9O4S2. The quantitative estimate of drug-likeness (QED) is 0.0759. The Morgan fingerprint density at radius 2 is 1.04 bits per heavy atom. The Bertz CT molecular complexity index is 2140. The van der Waals surface area contributed by atoms with Crippen molar-refractivity contribution in [1.29, 1.82) is 0 Å². The molecule has 0 aliphatic heterocycles. The first-order valence-corrected chi connectivity index (χ1v) is 18.4. The number of nitrogens with one attached hydrogen (secondary N) is 5. The van der Waals surface area contributed by atoms with Crippen molar-refractivity contribution < 1.29 is 16.8 Å². The van der Waals surface area contributed by atoms with E-state index in [1.165, 1.54) is 38.4 Å². The van der Waals surface area contributed by atoms with Crippen molar-refractivity contribution >= 4 is 54.7 Å². The third kappa shape index (κ3) is 8.38. The molecule has 258 valence electrons. The zero-order chi connectivity index (χ0) is 35.9. The molecule has 0 radical (unpaired) electrons. The van der Waals surface area contributed by atoms with Crippen molar-refractivity contribution in [2.24, 2.45) is 10.2 Å². The molecule has 0 aliphatic carbocycles. The number of sulfonamides is 2. The molecule has 15 heteroatoms. The lowest BCUT2D eigenvalue weighted by Gasteiger charge is -2.17. The molecule has 0 aliphatic rings. The third-order valence-electron chi connectivity index (χ3n) is 7.71. The summed E-state index contributed by atoms with van der Waals surface area (Å²) in [6.45, 7) is 5.57. The Labute approximate surface area is 292 Å². The third-order valence-corrected chi connectivity index (χ3v) is 10.6. The van der Waals surface area contributed by atoms with Crippen LogP contribution in [0.2, 0.25) is 0 Å². The van der Waals surface area contributed by atoms with E-state index in [1.807, 2.05) is 61.5 Å². The molecule has 5 aromatic rings. The summed E-state index contributed by atoms with van der Waals surface area (Å²) in [5.41, 5.74) is 11.9. The topological polar surface area (TPSA) is 179 Å². The second-order valence-electron chi connectivity index (χ2n) is 11.0. The monoisotopic (exact) mass is 711 g/mol. The summed E-state index contributed by atoms with van der Waals surface area (Å²) in [6.07, 6.45) is 0. The molecule has 13 nitrogen and oxygen atoms in total. The zero-order valence-corrected chi connectivity index (χ0v) is 29.7.